The highest BCUT2D eigenvalue weighted by Crippen LogP contribution is 2.28. The minimum Gasteiger partial charge on any atom is -0.448 e. The van der Waals surface area contributed by atoms with E-state index in [0.29, 0.717) is 17.5 Å². The minimum atomic E-state index is -0.593. The quantitative estimate of drug-likeness (QED) is 0.891. The molecule has 0 aliphatic rings. The van der Waals surface area contributed by atoms with Gasteiger partial charge in [-0.1, -0.05) is 25.5 Å². The van der Waals surface area contributed by atoms with Gasteiger partial charge in [0, 0.05) is 17.5 Å². The summed E-state index contributed by atoms with van der Waals surface area (Å²) in [6.45, 7) is 3.89. The fraction of sp³-hybridized carbons (Fsp3) is 0.375. The Labute approximate surface area is 127 Å². The van der Waals surface area contributed by atoms with Crippen LogP contribution >= 0.6 is 0 Å². The van der Waals surface area contributed by atoms with E-state index >= 15 is 0 Å². The molecule has 2 aromatic rings. The molecule has 1 heterocycles. The number of fused-ring (bicyclic) bond motifs is 1. The molecule has 0 bridgehead atoms. The molecule has 6 heteroatoms. The summed E-state index contributed by atoms with van der Waals surface area (Å²) in [5.74, 6) is -1.50. The molecule has 0 aliphatic carbocycles. The Balaban J connectivity index is 2.39. The van der Waals surface area contributed by atoms with Crippen LogP contribution in [0.1, 0.15) is 35.9 Å². The number of nitrogens with two attached hydrogens (primary N) is 1. The van der Waals surface area contributed by atoms with Gasteiger partial charge in [-0.05, 0) is 19.4 Å². The Kier molecular flexibility index (Phi) is 4.80. The highest BCUT2D eigenvalue weighted by Gasteiger charge is 2.25. The lowest BCUT2D eigenvalue weighted by Crippen LogP contribution is -2.39. The summed E-state index contributed by atoms with van der Waals surface area (Å²) in [7, 11) is 0. The predicted octanol–water partition coefficient (Wildman–Crippen LogP) is 2.61. The van der Waals surface area contributed by atoms with Crippen molar-refractivity contribution in [2.45, 2.75) is 26.7 Å². The molecule has 0 aliphatic heterocycles. The first-order chi connectivity index (χ1) is 10.5. The number of para-hydroxylation sites is 1. The molecule has 2 amide bonds. The Morgan fingerprint density at radius 3 is 2.68 bits per heavy atom. The largest absolute Gasteiger partial charge is 0.448 e. The molecule has 2 N–H and O–H groups in total. The number of hydrogen-bond acceptors (Lipinski definition) is 3. The van der Waals surface area contributed by atoms with E-state index in [1.165, 1.54) is 11.0 Å². The number of unbranched alkanes of at least 4 members (excludes halogenated alkanes) is 1. The van der Waals surface area contributed by atoms with Gasteiger partial charge in [0.2, 0.25) is 5.91 Å². The lowest BCUT2D eigenvalue weighted by molar-refractivity contribution is -0.118. The second-order valence-corrected chi connectivity index (χ2v) is 5.22. The monoisotopic (exact) mass is 306 g/mol. The Bertz CT molecular complexity index is 709. The third-order valence-corrected chi connectivity index (χ3v) is 3.53. The number of carbonyl (C=O) groups is 2. The zero-order valence-corrected chi connectivity index (χ0v) is 12.7. The molecule has 0 fully saturated rings. The lowest BCUT2D eigenvalue weighted by Gasteiger charge is -2.19. The predicted molar refractivity (Wildman–Crippen MR) is 80.9 cm³/mol. The maximum Gasteiger partial charge on any atom is 0.290 e. The standard InChI is InChI=1S/C16H19FN2O3/c1-3-4-8-19(9-13(18)20)16(21)14-10(2)11-6-5-7-12(17)15(11)22-14/h5-7H,3-4,8-9H2,1-2H3,(H2,18,20). The van der Waals surface area contributed by atoms with Crippen molar-refractivity contribution in [2.24, 2.45) is 5.73 Å². The summed E-state index contributed by atoms with van der Waals surface area (Å²) >= 11 is 0. The highest BCUT2D eigenvalue weighted by molar-refractivity contribution is 6.00. The van der Waals surface area contributed by atoms with E-state index in [1.54, 1.807) is 19.1 Å². The molecular formula is C16H19FN2O3. The molecule has 0 spiro atoms. The Morgan fingerprint density at radius 1 is 1.36 bits per heavy atom. The van der Waals surface area contributed by atoms with Gasteiger partial charge in [-0.25, -0.2) is 4.39 Å². The van der Waals surface area contributed by atoms with Gasteiger partial charge in [-0.2, -0.15) is 0 Å². The first-order valence-corrected chi connectivity index (χ1v) is 7.20. The van der Waals surface area contributed by atoms with E-state index in [0.717, 1.165) is 12.8 Å². The van der Waals surface area contributed by atoms with Crippen LogP contribution in [0.4, 0.5) is 4.39 Å². The van der Waals surface area contributed by atoms with Crippen LogP contribution in [0.15, 0.2) is 22.6 Å². The Hall–Kier alpha value is -2.37. The van der Waals surface area contributed by atoms with Gasteiger partial charge in [0.1, 0.15) is 0 Å². The summed E-state index contributed by atoms with van der Waals surface area (Å²) in [6.07, 6.45) is 1.61. The van der Waals surface area contributed by atoms with Crippen LogP contribution in [-0.2, 0) is 4.79 Å². The van der Waals surface area contributed by atoms with Crippen LogP contribution in [0, 0.1) is 12.7 Å². The molecule has 0 unspecified atom stereocenters. The maximum absolute atomic E-state index is 13.8. The summed E-state index contributed by atoms with van der Waals surface area (Å²) in [6, 6.07) is 4.53. The van der Waals surface area contributed by atoms with Crippen LogP contribution in [-0.4, -0.2) is 29.8 Å². The van der Waals surface area contributed by atoms with Gasteiger partial charge < -0.3 is 15.1 Å². The van der Waals surface area contributed by atoms with Crippen molar-refractivity contribution in [2.75, 3.05) is 13.1 Å². The van der Waals surface area contributed by atoms with Gasteiger partial charge in [0.15, 0.2) is 17.2 Å². The number of hydrogen-bond donors (Lipinski definition) is 1. The molecule has 1 aromatic carbocycles. The van der Waals surface area contributed by atoms with Crippen LogP contribution in [0.3, 0.4) is 0 Å². The maximum atomic E-state index is 13.8. The molecule has 22 heavy (non-hydrogen) atoms. The van der Waals surface area contributed by atoms with Crippen LogP contribution in [0.2, 0.25) is 0 Å². The number of amides is 2. The van der Waals surface area contributed by atoms with Crippen molar-refractivity contribution in [3.8, 4) is 0 Å². The third-order valence-electron chi connectivity index (χ3n) is 3.53. The van der Waals surface area contributed by atoms with Gasteiger partial charge >= 0.3 is 0 Å². The van der Waals surface area contributed by atoms with E-state index in [4.69, 9.17) is 10.2 Å². The molecule has 0 radical (unpaired) electrons. The van der Waals surface area contributed by atoms with Gasteiger partial charge in [-0.3, -0.25) is 9.59 Å². The van der Waals surface area contributed by atoms with Gasteiger partial charge in [0.25, 0.3) is 5.91 Å². The number of furan rings is 1. The molecule has 1 aromatic heterocycles. The summed E-state index contributed by atoms with van der Waals surface area (Å²) in [5.41, 5.74) is 5.81. The molecule has 2 rings (SSSR count). The summed E-state index contributed by atoms with van der Waals surface area (Å²) < 4.78 is 19.2. The van der Waals surface area contributed by atoms with Crippen molar-refractivity contribution < 1.29 is 18.4 Å². The third kappa shape index (κ3) is 3.10. The van der Waals surface area contributed by atoms with E-state index in [2.05, 4.69) is 0 Å². The van der Waals surface area contributed by atoms with Gasteiger partial charge in [0.05, 0.1) is 6.54 Å². The summed E-state index contributed by atoms with van der Waals surface area (Å²) in [4.78, 5) is 25.1. The zero-order valence-electron chi connectivity index (χ0n) is 12.7. The summed E-state index contributed by atoms with van der Waals surface area (Å²) in [5, 5.41) is 0.554. The number of carbonyl (C=O) groups excluding carboxylic acids is 2. The van der Waals surface area contributed by atoms with Crippen molar-refractivity contribution in [3.05, 3.63) is 35.3 Å². The van der Waals surface area contributed by atoms with E-state index < -0.39 is 17.6 Å². The second-order valence-electron chi connectivity index (χ2n) is 5.22. The molecule has 0 atom stereocenters. The molecular weight excluding hydrogens is 287 g/mol. The fourth-order valence-electron chi connectivity index (χ4n) is 2.35. The van der Waals surface area contributed by atoms with Crippen molar-refractivity contribution >= 4 is 22.8 Å². The number of rotatable bonds is 6. The molecule has 5 nitrogen and oxygen atoms in total. The zero-order chi connectivity index (χ0) is 16.3. The van der Waals surface area contributed by atoms with Gasteiger partial charge in [-0.15, -0.1) is 0 Å². The number of benzene rings is 1. The second kappa shape index (κ2) is 6.60. The lowest BCUT2D eigenvalue weighted by atomic mass is 10.1. The van der Waals surface area contributed by atoms with Crippen molar-refractivity contribution in [3.63, 3.8) is 0 Å². The topological polar surface area (TPSA) is 76.5 Å². The van der Waals surface area contributed by atoms with E-state index in [1.807, 2.05) is 6.92 Å². The van der Waals surface area contributed by atoms with E-state index in [9.17, 15) is 14.0 Å². The Morgan fingerprint density at radius 2 is 2.09 bits per heavy atom. The van der Waals surface area contributed by atoms with E-state index in [-0.39, 0.29) is 17.9 Å². The van der Waals surface area contributed by atoms with Crippen LogP contribution in [0.5, 0.6) is 0 Å². The molecule has 0 saturated carbocycles. The average molecular weight is 306 g/mol. The number of halogens is 1. The van der Waals surface area contributed by atoms with Crippen LogP contribution in [0.25, 0.3) is 11.0 Å². The number of primary amides is 1. The first-order valence-electron chi connectivity index (χ1n) is 7.20. The number of nitrogens with zero attached hydrogens (tertiary/aromatic N) is 1. The van der Waals surface area contributed by atoms with Crippen molar-refractivity contribution in [1.29, 1.82) is 0 Å². The average Bonchev–Trinajstić information content (AvgIpc) is 2.81. The smallest absolute Gasteiger partial charge is 0.290 e. The fourth-order valence-corrected chi connectivity index (χ4v) is 2.35. The normalized spacial score (nSPS) is 10.9. The number of aryl methyl sites for hydroxylation is 1. The highest BCUT2D eigenvalue weighted by atomic mass is 19.1. The molecule has 118 valence electrons. The van der Waals surface area contributed by atoms with Crippen molar-refractivity contribution in [1.82, 2.24) is 4.90 Å². The SMILES string of the molecule is CCCCN(CC(N)=O)C(=O)c1oc2c(F)cccc2c1C. The first kappa shape index (κ1) is 16.0. The molecule has 0 saturated heterocycles. The van der Waals surface area contributed by atoms with Crippen LogP contribution < -0.4 is 5.73 Å². The minimum absolute atomic E-state index is 0.0532.